The predicted molar refractivity (Wildman–Crippen MR) is 152 cm³/mol. The number of nitrogens with two attached hydrogens (primary N) is 1. The number of piperazine rings is 1. The van der Waals surface area contributed by atoms with Gasteiger partial charge in [0.15, 0.2) is 11.6 Å². The van der Waals surface area contributed by atoms with Crippen LogP contribution in [0.4, 0.5) is 14.5 Å². The van der Waals surface area contributed by atoms with Crippen LogP contribution in [0.5, 0.6) is 0 Å². The molecule has 2 amide bonds. The first kappa shape index (κ1) is 30.3. The Morgan fingerprint density at radius 3 is 2.44 bits per heavy atom. The van der Waals surface area contributed by atoms with Crippen LogP contribution in [0, 0.1) is 41.2 Å². The summed E-state index contributed by atoms with van der Waals surface area (Å²) >= 11 is 0. The molecular weight excluding hydrogens is 530 g/mol. The van der Waals surface area contributed by atoms with Gasteiger partial charge < -0.3 is 26.2 Å². The molecule has 4 bridgehead atoms. The van der Waals surface area contributed by atoms with E-state index in [1.54, 1.807) is 0 Å². The summed E-state index contributed by atoms with van der Waals surface area (Å²) in [5.74, 6) is -1.81. The summed E-state index contributed by atoms with van der Waals surface area (Å²) < 4.78 is 28.3. The Hall–Kier alpha value is -2.14. The van der Waals surface area contributed by atoms with Crippen LogP contribution >= 0.6 is 0 Å². The van der Waals surface area contributed by atoms with Crippen molar-refractivity contribution < 1.29 is 28.6 Å². The van der Waals surface area contributed by atoms with Gasteiger partial charge in [0.05, 0.1) is 23.9 Å². The molecule has 1 heterocycles. The van der Waals surface area contributed by atoms with Crippen LogP contribution < -0.4 is 16.0 Å². The van der Waals surface area contributed by atoms with Crippen LogP contribution in [0.25, 0.3) is 0 Å². The van der Waals surface area contributed by atoms with E-state index in [4.69, 9.17) is 5.73 Å². The number of nitrogens with one attached hydrogen (secondary N) is 1. The average Bonchev–Trinajstić information content (AvgIpc) is 2.87. The number of nitrogens with zero attached hydrogens (tertiary/aromatic N) is 2. The van der Waals surface area contributed by atoms with Crippen LogP contribution in [0.2, 0.25) is 0 Å². The second-order valence-corrected chi connectivity index (χ2v) is 14.3. The van der Waals surface area contributed by atoms with Gasteiger partial charge in [-0.2, -0.15) is 0 Å². The van der Waals surface area contributed by atoms with Gasteiger partial charge >= 0.3 is 0 Å². The maximum Gasteiger partial charge on any atom is 0.241 e. The standard InChI is InChI=1S/C31H46F2N4O4/c1-17(2)21(29(40)35-28-19-8-18-9-20(28)13-31(41,11-18)12-19)10-25(38)23(34)14-36-15-26(39)37(16-30(36,3)4)24-7-5-6-22(32)27(24)33/h5-7,17-21,23,25,28,38,41H,8-16,34H2,1-4H3,(H,35,40)/t18?,19?,20?,21-,23-,25-,28?,31?/m0/s1. The molecule has 1 saturated heterocycles. The van der Waals surface area contributed by atoms with E-state index in [-0.39, 0.29) is 55.5 Å². The van der Waals surface area contributed by atoms with Crippen molar-refractivity contribution in [3.05, 3.63) is 29.8 Å². The van der Waals surface area contributed by atoms with E-state index in [9.17, 15) is 28.6 Å². The molecule has 1 aromatic carbocycles. The number of rotatable bonds is 9. The number of amides is 2. The largest absolute Gasteiger partial charge is 0.391 e. The molecule has 2 unspecified atom stereocenters. The Bertz CT molecular complexity index is 1150. The molecule has 1 aliphatic heterocycles. The fourth-order valence-electron chi connectivity index (χ4n) is 8.25. The molecule has 5 fully saturated rings. The smallest absolute Gasteiger partial charge is 0.241 e. The van der Waals surface area contributed by atoms with Crippen molar-refractivity contribution in [2.75, 3.05) is 24.5 Å². The maximum absolute atomic E-state index is 14.4. The lowest BCUT2D eigenvalue weighted by Gasteiger charge is -2.58. The van der Waals surface area contributed by atoms with Gasteiger partial charge in [-0.3, -0.25) is 14.5 Å². The highest BCUT2D eigenvalue weighted by Crippen LogP contribution is 2.55. The zero-order valence-corrected chi connectivity index (χ0v) is 24.7. The molecule has 10 heteroatoms. The number of benzene rings is 1. The van der Waals surface area contributed by atoms with Crippen molar-refractivity contribution in [2.24, 2.45) is 35.3 Å². The van der Waals surface area contributed by atoms with E-state index in [0.717, 1.165) is 38.2 Å². The second-order valence-electron chi connectivity index (χ2n) is 14.3. The van der Waals surface area contributed by atoms with E-state index >= 15 is 0 Å². The summed E-state index contributed by atoms with van der Waals surface area (Å²) in [6, 6.07) is 3.13. The lowest BCUT2D eigenvalue weighted by Crippen LogP contribution is -2.64. The summed E-state index contributed by atoms with van der Waals surface area (Å²) in [5, 5.41) is 25.4. The third-order valence-corrected chi connectivity index (χ3v) is 10.4. The summed E-state index contributed by atoms with van der Waals surface area (Å²) in [5.41, 5.74) is 5.18. The van der Waals surface area contributed by atoms with E-state index in [1.807, 2.05) is 32.6 Å². The number of carbonyl (C=O) groups excluding carboxylic acids is 2. The highest BCUT2D eigenvalue weighted by molar-refractivity contribution is 5.96. The zero-order chi connectivity index (χ0) is 29.9. The van der Waals surface area contributed by atoms with Crippen LogP contribution in [-0.2, 0) is 9.59 Å². The highest BCUT2D eigenvalue weighted by atomic mass is 19.2. The molecule has 4 aliphatic carbocycles. The van der Waals surface area contributed by atoms with E-state index in [1.165, 1.54) is 17.0 Å². The van der Waals surface area contributed by atoms with Crippen LogP contribution in [0.1, 0.15) is 66.2 Å². The molecule has 8 nitrogen and oxygen atoms in total. The molecule has 0 aromatic heterocycles. The van der Waals surface area contributed by atoms with Crippen molar-refractivity contribution >= 4 is 17.5 Å². The number of hydrogen-bond acceptors (Lipinski definition) is 6. The first-order valence-electron chi connectivity index (χ1n) is 15.1. The first-order chi connectivity index (χ1) is 19.2. The lowest BCUT2D eigenvalue weighted by atomic mass is 9.52. The minimum atomic E-state index is -1.06. The number of carbonyl (C=O) groups is 2. The fourth-order valence-corrected chi connectivity index (χ4v) is 8.25. The van der Waals surface area contributed by atoms with Gasteiger partial charge in [0.2, 0.25) is 11.8 Å². The number of halogens is 2. The Morgan fingerprint density at radius 1 is 1.17 bits per heavy atom. The van der Waals surface area contributed by atoms with Crippen molar-refractivity contribution in [2.45, 2.75) is 95.5 Å². The van der Waals surface area contributed by atoms with E-state index < -0.39 is 40.8 Å². The van der Waals surface area contributed by atoms with Gasteiger partial charge in [-0.25, -0.2) is 8.78 Å². The minimum absolute atomic E-state index is 0.0133. The summed E-state index contributed by atoms with van der Waals surface area (Å²) in [4.78, 5) is 29.7. The molecule has 41 heavy (non-hydrogen) atoms. The Balaban J connectivity index is 1.19. The zero-order valence-electron chi connectivity index (χ0n) is 24.7. The average molecular weight is 577 g/mol. The third kappa shape index (κ3) is 6.03. The number of aliphatic hydroxyl groups is 2. The molecule has 5 atom stereocenters. The SMILES string of the molecule is CC(C)[C@H](C[C@H](O)[C@@H](N)CN1CC(=O)N(c2cccc(F)c2F)CC1(C)C)C(=O)NC1C2CC3CC1CC(O)(C3)C2. The Labute approximate surface area is 241 Å². The summed E-state index contributed by atoms with van der Waals surface area (Å²) in [7, 11) is 0. The normalized spacial score (nSPS) is 33.2. The van der Waals surface area contributed by atoms with Crippen molar-refractivity contribution in [3.8, 4) is 0 Å². The lowest BCUT2D eigenvalue weighted by molar-refractivity contribution is -0.149. The molecule has 0 radical (unpaired) electrons. The van der Waals surface area contributed by atoms with Crippen molar-refractivity contribution in [1.29, 1.82) is 0 Å². The van der Waals surface area contributed by atoms with Gasteiger partial charge in [-0.1, -0.05) is 19.9 Å². The number of hydrogen-bond donors (Lipinski definition) is 4. The topological polar surface area (TPSA) is 119 Å². The second kappa shape index (κ2) is 11.2. The molecule has 6 rings (SSSR count). The van der Waals surface area contributed by atoms with Crippen molar-refractivity contribution in [1.82, 2.24) is 10.2 Å². The molecular formula is C31H46F2N4O4. The number of anilines is 1. The maximum atomic E-state index is 14.4. The van der Waals surface area contributed by atoms with E-state index in [2.05, 4.69) is 5.32 Å². The molecule has 5 N–H and O–H groups in total. The summed E-state index contributed by atoms with van der Waals surface area (Å²) in [6.45, 7) is 8.01. The minimum Gasteiger partial charge on any atom is -0.391 e. The monoisotopic (exact) mass is 576 g/mol. The highest BCUT2D eigenvalue weighted by Gasteiger charge is 2.55. The summed E-state index contributed by atoms with van der Waals surface area (Å²) in [6.07, 6.45) is 3.71. The fraction of sp³-hybridized carbons (Fsp3) is 0.742. The van der Waals surface area contributed by atoms with E-state index in [0.29, 0.717) is 17.8 Å². The van der Waals surface area contributed by atoms with Crippen molar-refractivity contribution in [3.63, 3.8) is 0 Å². The molecule has 4 saturated carbocycles. The van der Waals surface area contributed by atoms with Gasteiger partial charge in [-0.05, 0) is 88.2 Å². The molecule has 228 valence electrons. The molecule has 0 spiro atoms. The molecule has 1 aromatic rings. The van der Waals surface area contributed by atoms with Crippen LogP contribution in [0.15, 0.2) is 18.2 Å². The van der Waals surface area contributed by atoms with Gasteiger partial charge in [0.25, 0.3) is 0 Å². The number of aliphatic hydroxyl groups excluding tert-OH is 1. The van der Waals surface area contributed by atoms with Gasteiger partial charge in [0, 0.05) is 36.6 Å². The third-order valence-electron chi connectivity index (χ3n) is 10.4. The van der Waals surface area contributed by atoms with Gasteiger partial charge in [0.1, 0.15) is 0 Å². The van der Waals surface area contributed by atoms with Gasteiger partial charge in [-0.15, -0.1) is 0 Å². The van der Waals surface area contributed by atoms with Crippen LogP contribution in [0.3, 0.4) is 0 Å². The quantitative estimate of drug-likeness (QED) is 0.359. The predicted octanol–water partition coefficient (Wildman–Crippen LogP) is 2.80. The Morgan fingerprint density at radius 2 is 1.83 bits per heavy atom. The molecule has 5 aliphatic rings. The first-order valence-corrected chi connectivity index (χ1v) is 15.1. The Kier molecular flexibility index (Phi) is 8.26. The van der Waals surface area contributed by atoms with Crippen LogP contribution in [-0.4, -0.2) is 75.9 Å².